The van der Waals surface area contributed by atoms with Gasteiger partial charge in [-0.25, -0.2) is 9.29 Å². The zero-order valence-electron chi connectivity index (χ0n) is 15.8. The van der Waals surface area contributed by atoms with Gasteiger partial charge in [0.1, 0.15) is 12.4 Å². The molecule has 2 heterocycles. The molecule has 1 fully saturated rings. The minimum absolute atomic E-state index is 0.227. The fourth-order valence-electron chi connectivity index (χ4n) is 3.54. The summed E-state index contributed by atoms with van der Waals surface area (Å²) in [6.45, 7) is 3.54. The fourth-order valence-corrected chi connectivity index (χ4v) is 3.54. The van der Waals surface area contributed by atoms with Crippen molar-refractivity contribution >= 4 is 29.1 Å². The second-order valence-corrected chi connectivity index (χ2v) is 7.00. The largest absolute Gasteiger partial charge is 0.324 e. The lowest BCUT2D eigenvalue weighted by Gasteiger charge is -2.20. The molecule has 8 nitrogen and oxygen atoms in total. The Bertz CT molecular complexity index is 1020. The van der Waals surface area contributed by atoms with Gasteiger partial charge in [-0.3, -0.25) is 19.4 Å². The van der Waals surface area contributed by atoms with Gasteiger partial charge in [-0.2, -0.15) is 5.11 Å². The molecular weight excluding hydrogens is 377 g/mol. The van der Waals surface area contributed by atoms with Crippen molar-refractivity contribution in [3.8, 4) is 0 Å². The summed E-state index contributed by atoms with van der Waals surface area (Å²) in [7, 11) is 0. The van der Waals surface area contributed by atoms with Gasteiger partial charge >= 0.3 is 0 Å². The third-order valence-electron chi connectivity index (χ3n) is 4.99. The molecule has 2 aliphatic heterocycles. The number of fused-ring (bicyclic) bond motifs is 1. The summed E-state index contributed by atoms with van der Waals surface area (Å²) in [4.78, 5) is 39.0. The number of imide groups is 1. The van der Waals surface area contributed by atoms with Crippen LogP contribution in [0.4, 0.5) is 15.8 Å². The Balaban J connectivity index is 1.50. The van der Waals surface area contributed by atoms with E-state index in [1.165, 1.54) is 29.3 Å². The number of carbonyl (C=O) groups is 3. The molecule has 2 atom stereocenters. The lowest BCUT2D eigenvalue weighted by molar-refractivity contribution is -0.123. The van der Waals surface area contributed by atoms with Crippen LogP contribution in [0.25, 0.3) is 0 Å². The highest BCUT2D eigenvalue weighted by atomic mass is 19.1. The van der Waals surface area contributed by atoms with E-state index in [0.717, 1.165) is 16.0 Å². The number of amides is 3. The van der Waals surface area contributed by atoms with Gasteiger partial charge < -0.3 is 5.32 Å². The molecule has 0 saturated carbocycles. The average molecular weight is 395 g/mol. The molecular formula is C20H18FN5O3. The third kappa shape index (κ3) is 3.24. The summed E-state index contributed by atoms with van der Waals surface area (Å²) < 4.78 is 13.2. The van der Waals surface area contributed by atoms with Crippen molar-refractivity contribution in [1.29, 1.82) is 0 Å². The topological polar surface area (TPSA) is 94.4 Å². The van der Waals surface area contributed by atoms with Crippen LogP contribution in [0.15, 0.2) is 52.8 Å². The molecule has 1 N–H and O–H groups in total. The number of halogens is 1. The summed E-state index contributed by atoms with van der Waals surface area (Å²) in [6, 6.07) is 8.69. The molecule has 148 valence electrons. The zero-order valence-corrected chi connectivity index (χ0v) is 15.8. The van der Waals surface area contributed by atoms with Crippen LogP contribution in [-0.4, -0.2) is 41.4 Å². The van der Waals surface area contributed by atoms with Gasteiger partial charge in [-0.15, -0.1) is 0 Å². The zero-order chi connectivity index (χ0) is 20.7. The van der Waals surface area contributed by atoms with Gasteiger partial charge in [0.2, 0.25) is 5.91 Å². The van der Waals surface area contributed by atoms with Gasteiger partial charge in [0.15, 0.2) is 12.1 Å². The number of para-hydroxylation sites is 1. The number of anilines is 2. The van der Waals surface area contributed by atoms with Gasteiger partial charge in [-0.05, 0) is 49.2 Å². The molecule has 4 rings (SSSR count). The van der Waals surface area contributed by atoms with Crippen LogP contribution in [0.1, 0.15) is 11.1 Å². The van der Waals surface area contributed by atoms with E-state index in [1.807, 2.05) is 32.0 Å². The summed E-state index contributed by atoms with van der Waals surface area (Å²) in [5.41, 5.74) is 2.78. The molecule has 2 aliphatic rings. The fraction of sp³-hybridized carbons (Fsp3) is 0.250. The number of nitrogens with one attached hydrogen (secondary N) is 1. The van der Waals surface area contributed by atoms with E-state index >= 15 is 0 Å². The molecule has 2 aromatic rings. The first kappa shape index (κ1) is 18.7. The predicted octanol–water partition coefficient (Wildman–Crippen LogP) is 2.37. The number of carbonyl (C=O) groups excluding carboxylic acids is 3. The number of hydrogen-bond acceptors (Lipinski definition) is 6. The Morgan fingerprint density at radius 2 is 1.72 bits per heavy atom. The summed E-state index contributed by atoms with van der Waals surface area (Å²) >= 11 is 0. The van der Waals surface area contributed by atoms with Gasteiger partial charge in [0.05, 0.1) is 5.69 Å². The minimum Gasteiger partial charge on any atom is -0.324 e. The molecule has 3 amide bonds. The van der Waals surface area contributed by atoms with Crippen molar-refractivity contribution in [3.63, 3.8) is 0 Å². The van der Waals surface area contributed by atoms with Crippen LogP contribution in [0.5, 0.6) is 0 Å². The standard InChI is InChI=1S/C20H18FN5O3/c1-11-4-3-5-12(2)16(11)22-15(27)10-25-18-17(23-24-25)19(28)26(20(18)29)14-8-6-13(21)7-9-14/h3-9,17-18H,10H2,1-2H3,(H,22,27)/t17-,18+/m1/s1. The van der Waals surface area contributed by atoms with Crippen molar-refractivity contribution in [2.45, 2.75) is 25.9 Å². The van der Waals surface area contributed by atoms with E-state index < -0.39 is 29.7 Å². The lowest BCUT2D eigenvalue weighted by atomic mass is 10.1. The number of benzene rings is 2. The van der Waals surface area contributed by atoms with Gasteiger partial charge in [0.25, 0.3) is 11.8 Å². The van der Waals surface area contributed by atoms with Gasteiger partial charge in [-0.1, -0.05) is 23.4 Å². The van der Waals surface area contributed by atoms with E-state index in [9.17, 15) is 18.8 Å². The maximum Gasteiger partial charge on any atom is 0.263 e. The highest BCUT2D eigenvalue weighted by Crippen LogP contribution is 2.32. The van der Waals surface area contributed by atoms with Crippen LogP contribution in [0.3, 0.4) is 0 Å². The molecule has 1 saturated heterocycles. The molecule has 0 radical (unpaired) electrons. The predicted molar refractivity (Wildman–Crippen MR) is 103 cm³/mol. The molecule has 29 heavy (non-hydrogen) atoms. The van der Waals surface area contributed by atoms with E-state index in [0.29, 0.717) is 5.69 Å². The Kier molecular flexibility index (Phi) is 4.57. The van der Waals surface area contributed by atoms with Crippen molar-refractivity contribution in [3.05, 3.63) is 59.4 Å². The summed E-state index contributed by atoms with van der Waals surface area (Å²) in [5.74, 6) is -1.94. The second kappa shape index (κ2) is 7.08. The van der Waals surface area contributed by atoms with Crippen molar-refractivity contribution in [2.75, 3.05) is 16.8 Å². The number of rotatable bonds is 4. The Morgan fingerprint density at radius 1 is 1.07 bits per heavy atom. The summed E-state index contributed by atoms with van der Waals surface area (Å²) in [6.07, 6.45) is 0. The van der Waals surface area contributed by atoms with Crippen molar-refractivity contribution in [2.24, 2.45) is 10.3 Å². The van der Waals surface area contributed by atoms with Crippen molar-refractivity contribution in [1.82, 2.24) is 5.01 Å². The van der Waals surface area contributed by atoms with E-state index in [4.69, 9.17) is 0 Å². The number of nitrogens with zero attached hydrogens (tertiary/aromatic N) is 4. The molecule has 0 unspecified atom stereocenters. The van der Waals surface area contributed by atoms with Crippen LogP contribution in [-0.2, 0) is 14.4 Å². The molecule has 0 aromatic heterocycles. The molecule has 0 bridgehead atoms. The molecule has 9 heteroatoms. The van der Waals surface area contributed by atoms with Crippen LogP contribution in [0, 0.1) is 19.7 Å². The Labute approximate surface area is 166 Å². The van der Waals surface area contributed by atoms with Crippen LogP contribution < -0.4 is 10.2 Å². The highest BCUT2D eigenvalue weighted by Gasteiger charge is 2.55. The third-order valence-corrected chi connectivity index (χ3v) is 4.99. The monoisotopic (exact) mass is 395 g/mol. The number of aryl methyl sites for hydroxylation is 2. The smallest absolute Gasteiger partial charge is 0.263 e. The minimum atomic E-state index is -1.01. The first-order valence-electron chi connectivity index (χ1n) is 9.03. The lowest BCUT2D eigenvalue weighted by Crippen LogP contribution is -2.43. The van der Waals surface area contributed by atoms with E-state index in [-0.39, 0.29) is 18.1 Å². The quantitative estimate of drug-likeness (QED) is 0.804. The van der Waals surface area contributed by atoms with E-state index in [1.54, 1.807) is 0 Å². The highest BCUT2D eigenvalue weighted by molar-refractivity contribution is 6.25. The van der Waals surface area contributed by atoms with E-state index in [2.05, 4.69) is 15.7 Å². The van der Waals surface area contributed by atoms with Crippen LogP contribution >= 0.6 is 0 Å². The maximum atomic E-state index is 13.2. The normalized spacial score (nSPS) is 20.4. The van der Waals surface area contributed by atoms with Gasteiger partial charge in [0, 0.05) is 5.69 Å². The van der Waals surface area contributed by atoms with Crippen molar-refractivity contribution < 1.29 is 18.8 Å². The summed E-state index contributed by atoms with van der Waals surface area (Å²) in [5, 5.41) is 11.8. The van der Waals surface area contributed by atoms with Crippen LogP contribution in [0.2, 0.25) is 0 Å². The maximum absolute atomic E-state index is 13.2. The first-order valence-corrected chi connectivity index (χ1v) is 9.03. The SMILES string of the molecule is Cc1cccc(C)c1NC(=O)CN1N=N[C@H]2C(=O)N(c3ccc(F)cc3)C(=O)[C@H]21. The number of hydrogen-bond donors (Lipinski definition) is 1. The molecule has 0 spiro atoms. The molecule has 0 aliphatic carbocycles. The first-order chi connectivity index (χ1) is 13.9. The average Bonchev–Trinajstić information content (AvgIpc) is 3.19. The Hall–Kier alpha value is -3.62. The molecule has 2 aromatic carbocycles. The second-order valence-electron chi connectivity index (χ2n) is 7.00. The Morgan fingerprint density at radius 3 is 2.38 bits per heavy atom.